The molecule has 0 bridgehead atoms. The van der Waals surface area contributed by atoms with Crippen molar-refractivity contribution in [3.8, 4) is 0 Å². The Morgan fingerprint density at radius 2 is 1.62 bits per heavy atom. The van der Waals surface area contributed by atoms with E-state index < -0.39 is 0 Å². The second-order valence-electron chi connectivity index (χ2n) is 12.5. The Labute approximate surface area is 270 Å². The number of allylic oxidation sites excluding steroid dienone is 1. The van der Waals surface area contributed by atoms with E-state index in [9.17, 15) is 9.59 Å². The Bertz CT molecular complexity index is 1460. The molecule has 0 aromatic carbocycles. The average molecular weight is 621 g/mol. The van der Waals surface area contributed by atoms with Gasteiger partial charge in [0.25, 0.3) is 5.56 Å². The summed E-state index contributed by atoms with van der Waals surface area (Å²) >= 11 is 0. The van der Waals surface area contributed by atoms with Crippen molar-refractivity contribution in [2.24, 2.45) is 5.41 Å². The van der Waals surface area contributed by atoms with Gasteiger partial charge in [-0.15, -0.1) is 0 Å². The zero-order chi connectivity index (χ0) is 33.9. The third-order valence-electron chi connectivity index (χ3n) is 7.72. The third-order valence-corrected chi connectivity index (χ3v) is 7.72. The lowest BCUT2D eigenvalue weighted by Crippen LogP contribution is -2.48. The topological polar surface area (TPSA) is 108 Å². The van der Waals surface area contributed by atoms with Gasteiger partial charge in [-0.05, 0) is 62.4 Å². The van der Waals surface area contributed by atoms with Crippen LogP contribution >= 0.6 is 0 Å². The molecule has 0 spiro atoms. The maximum absolute atomic E-state index is 13.4. The van der Waals surface area contributed by atoms with Crippen molar-refractivity contribution in [3.63, 3.8) is 0 Å². The minimum absolute atomic E-state index is 0.0623. The second kappa shape index (κ2) is 17.1. The first-order valence-corrected chi connectivity index (χ1v) is 16.3. The molecular formula is C35H56N8O2. The number of anilines is 3. The SMILES string of the molecule is C=C(C)NC.CC.CCC(CC)n1c(=O)c(C(C)=O)c(C)c2cnc(Nc3ccc(N4CCN(CC(C)(C)C)CC4)cn3)nc21. The second-order valence-corrected chi connectivity index (χ2v) is 12.5. The molecule has 1 fully saturated rings. The number of nitrogens with one attached hydrogen (secondary N) is 2. The molecule has 2 N–H and O–H groups in total. The number of nitrogens with zero attached hydrogens (tertiary/aromatic N) is 6. The smallest absolute Gasteiger partial charge is 0.263 e. The summed E-state index contributed by atoms with van der Waals surface area (Å²) in [6.07, 6.45) is 5.08. The van der Waals surface area contributed by atoms with Crippen molar-refractivity contribution in [3.05, 3.63) is 58.3 Å². The zero-order valence-corrected chi connectivity index (χ0v) is 29.5. The van der Waals surface area contributed by atoms with Crippen LogP contribution in [0.5, 0.6) is 0 Å². The van der Waals surface area contributed by atoms with Crippen molar-refractivity contribution >= 4 is 34.3 Å². The Hall–Kier alpha value is -3.79. The summed E-state index contributed by atoms with van der Waals surface area (Å²) in [6, 6.07) is 3.94. The van der Waals surface area contributed by atoms with E-state index in [0.717, 1.165) is 56.9 Å². The molecule has 1 aliphatic heterocycles. The molecular weight excluding hydrogens is 564 g/mol. The van der Waals surface area contributed by atoms with Crippen LogP contribution in [-0.4, -0.2) is 70.0 Å². The van der Waals surface area contributed by atoms with Crippen molar-refractivity contribution < 1.29 is 4.79 Å². The number of piperazine rings is 1. The van der Waals surface area contributed by atoms with E-state index in [4.69, 9.17) is 4.98 Å². The van der Waals surface area contributed by atoms with E-state index >= 15 is 0 Å². The van der Waals surface area contributed by atoms with Crippen molar-refractivity contribution in [1.82, 2.24) is 29.7 Å². The van der Waals surface area contributed by atoms with E-state index in [1.165, 1.54) is 6.92 Å². The number of pyridine rings is 2. The predicted octanol–water partition coefficient (Wildman–Crippen LogP) is 6.74. The number of hydrogen-bond acceptors (Lipinski definition) is 9. The van der Waals surface area contributed by atoms with E-state index in [2.05, 4.69) is 63.8 Å². The standard InChI is InChI=1S/C29H41N7O2.C4H9N.C2H6/c1-8-21(9-2)36-26-23(19(3)25(20(4)37)27(36)38)17-31-28(33-26)32-24-11-10-22(16-30-24)35-14-12-34(13-15-35)18-29(5,6)7;1-4(2)5-3;1-2/h10-11,16-17,21H,8-9,12-15,18H2,1-7H3,(H,30,31,32,33);5H,1H2,2-3H3;1-2H3. The first kappa shape index (κ1) is 37.4. The van der Waals surface area contributed by atoms with Gasteiger partial charge in [0.15, 0.2) is 5.78 Å². The lowest BCUT2D eigenvalue weighted by Gasteiger charge is -2.38. The molecule has 3 aromatic rings. The highest BCUT2D eigenvalue weighted by atomic mass is 16.1. The van der Waals surface area contributed by atoms with E-state index in [-0.39, 0.29) is 22.9 Å². The summed E-state index contributed by atoms with van der Waals surface area (Å²) in [7, 11) is 1.85. The fraction of sp³-hybridized carbons (Fsp3) is 0.571. The van der Waals surface area contributed by atoms with Crippen LogP contribution in [0.3, 0.4) is 0 Å². The predicted molar refractivity (Wildman–Crippen MR) is 189 cm³/mol. The fourth-order valence-electron chi connectivity index (χ4n) is 5.40. The van der Waals surface area contributed by atoms with Crippen LogP contribution in [0.1, 0.15) is 97.1 Å². The van der Waals surface area contributed by atoms with Gasteiger partial charge >= 0.3 is 0 Å². The molecule has 0 radical (unpaired) electrons. The van der Waals surface area contributed by atoms with Crippen molar-refractivity contribution in [1.29, 1.82) is 0 Å². The lowest BCUT2D eigenvalue weighted by molar-refractivity contribution is 0.101. The third kappa shape index (κ3) is 10.1. The van der Waals surface area contributed by atoms with Gasteiger partial charge in [0.1, 0.15) is 11.5 Å². The van der Waals surface area contributed by atoms with Gasteiger partial charge in [-0.3, -0.25) is 19.1 Å². The maximum atomic E-state index is 13.4. The molecule has 10 heteroatoms. The van der Waals surface area contributed by atoms with Gasteiger partial charge in [-0.2, -0.15) is 4.98 Å². The molecule has 0 atom stereocenters. The van der Waals surface area contributed by atoms with E-state index in [1.54, 1.807) is 17.7 Å². The summed E-state index contributed by atoms with van der Waals surface area (Å²) in [6.45, 7) is 28.8. The number of carbonyl (C=O) groups is 1. The van der Waals surface area contributed by atoms with Gasteiger partial charge in [-0.1, -0.05) is 55.0 Å². The molecule has 0 saturated carbocycles. The molecule has 45 heavy (non-hydrogen) atoms. The minimum atomic E-state index is -0.286. The Kier molecular flexibility index (Phi) is 14.2. The zero-order valence-electron chi connectivity index (χ0n) is 29.5. The summed E-state index contributed by atoms with van der Waals surface area (Å²) in [5.74, 6) is 0.756. The van der Waals surface area contributed by atoms with Gasteiger partial charge in [-0.25, -0.2) is 9.97 Å². The molecule has 10 nitrogen and oxygen atoms in total. The highest BCUT2D eigenvalue weighted by molar-refractivity contribution is 5.99. The molecule has 3 aromatic heterocycles. The van der Waals surface area contributed by atoms with Crippen LogP contribution in [0.4, 0.5) is 17.5 Å². The number of carbonyl (C=O) groups excluding carboxylic acids is 1. The molecule has 0 amide bonds. The van der Waals surface area contributed by atoms with Crippen LogP contribution in [0.2, 0.25) is 0 Å². The molecule has 1 saturated heterocycles. The first-order valence-electron chi connectivity index (χ1n) is 16.3. The number of aromatic nitrogens is 4. The van der Waals surface area contributed by atoms with E-state index in [1.807, 2.05) is 53.9 Å². The Balaban J connectivity index is 0.000000917. The van der Waals surface area contributed by atoms with Gasteiger partial charge in [0.05, 0.1) is 17.4 Å². The molecule has 4 heterocycles. The number of hydrogen-bond donors (Lipinski definition) is 2. The van der Waals surface area contributed by atoms with Crippen LogP contribution in [0.25, 0.3) is 11.0 Å². The molecule has 248 valence electrons. The molecule has 0 aliphatic carbocycles. The number of Topliss-reactive ketones (excluding diaryl/α,β-unsaturated/α-hetero) is 1. The largest absolute Gasteiger partial charge is 0.392 e. The monoisotopic (exact) mass is 620 g/mol. The molecule has 0 unspecified atom stereocenters. The van der Waals surface area contributed by atoms with Gasteiger partial charge in [0.2, 0.25) is 5.95 Å². The van der Waals surface area contributed by atoms with Gasteiger partial charge < -0.3 is 15.5 Å². The van der Waals surface area contributed by atoms with E-state index in [0.29, 0.717) is 33.8 Å². The maximum Gasteiger partial charge on any atom is 0.263 e. The van der Waals surface area contributed by atoms with Gasteiger partial charge in [0, 0.05) is 57.4 Å². The van der Waals surface area contributed by atoms with Crippen molar-refractivity contribution in [2.45, 2.75) is 88.1 Å². The summed E-state index contributed by atoms with van der Waals surface area (Å²) in [5.41, 5.74) is 3.49. The Morgan fingerprint density at radius 1 is 1.02 bits per heavy atom. The highest BCUT2D eigenvalue weighted by Crippen LogP contribution is 2.26. The first-order chi connectivity index (χ1) is 21.3. The summed E-state index contributed by atoms with van der Waals surface area (Å²) < 4.78 is 1.67. The quantitative estimate of drug-likeness (QED) is 0.252. The molecule has 1 aliphatic rings. The van der Waals surface area contributed by atoms with Crippen LogP contribution in [-0.2, 0) is 0 Å². The average Bonchev–Trinajstić information content (AvgIpc) is 3.00. The molecule has 4 rings (SSSR count). The van der Waals surface area contributed by atoms with Crippen molar-refractivity contribution in [2.75, 3.05) is 50.0 Å². The normalized spacial score (nSPS) is 13.5. The van der Waals surface area contributed by atoms with Crippen LogP contribution < -0.4 is 21.1 Å². The number of rotatable bonds is 9. The number of fused-ring (bicyclic) bond motifs is 1. The lowest BCUT2D eigenvalue weighted by atomic mass is 9.96. The summed E-state index contributed by atoms with van der Waals surface area (Å²) in [5, 5.41) is 6.74. The highest BCUT2D eigenvalue weighted by Gasteiger charge is 2.23. The number of ketones is 1. The van der Waals surface area contributed by atoms with Crippen LogP contribution in [0, 0.1) is 12.3 Å². The number of aryl methyl sites for hydroxylation is 1. The van der Waals surface area contributed by atoms with Crippen LogP contribution in [0.15, 0.2) is 41.6 Å². The Morgan fingerprint density at radius 3 is 2.09 bits per heavy atom. The summed E-state index contributed by atoms with van der Waals surface area (Å²) in [4.78, 5) is 44.4. The minimum Gasteiger partial charge on any atom is -0.392 e. The fourth-order valence-corrected chi connectivity index (χ4v) is 5.40.